The Morgan fingerprint density at radius 2 is 2.20 bits per heavy atom. The van der Waals surface area contributed by atoms with Gasteiger partial charge in [-0.3, -0.25) is 4.79 Å². The van der Waals surface area contributed by atoms with Gasteiger partial charge in [0.1, 0.15) is 11.9 Å². The fourth-order valence-corrected chi connectivity index (χ4v) is 2.59. The molecule has 1 fully saturated rings. The summed E-state index contributed by atoms with van der Waals surface area (Å²) in [6.45, 7) is 2.16. The molecule has 1 saturated heterocycles. The Bertz CT molecular complexity index is 594. The van der Waals surface area contributed by atoms with E-state index in [4.69, 9.17) is 4.74 Å². The number of hydrogen-bond donors (Lipinski definition) is 1. The van der Waals surface area contributed by atoms with Gasteiger partial charge in [-0.2, -0.15) is 0 Å². The molecular weight excluding hydrogens is 254 g/mol. The zero-order chi connectivity index (χ0) is 13.9. The van der Waals surface area contributed by atoms with Crippen molar-refractivity contribution in [3.63, 3.8) is 0 Å². The highest BCUT2D eigenvalue weighted by Gasteiger charge is 2.33. The highest BCUT2D eigenvalue weighted by atomic mass is 16.5. The monoisotopic (exact) mass is 271 g/mol. The summed E-state index contributed by atoms with van der Waals surface area (Å²) >= 11 is 0. The molecule has 0 unspecified atom stereocenters. The Morgan fingerprint density at radius 1 is 1.40 bits per heavy atom. The van der Waals surface area contributed by atoms with Crippen LogP contribution in [-0.4, -0.2) is 28.1 Å². The van der Waals surface area contributed by atoms with Crippen LogP contribution in [0.1, 0.15) is 25.3 Å². The van der Waals surface area contributed by atoms with E-state index in [-0.39, 0.29) is 18.1 Å². The minimum Gasteiger partial charge on any atom is -0.368 e. The zero-order valence-corrected chi connectivity index (χ0v) is 11.3. The number of ether oxygens (including phenoxy) is 1. The molecule has 1 N–H and O–H groups in total. The van der Waals surface area contributed by atoms with Gasteiger partial charge in [0.25, 0.3) is 0 Å². The van der Waals surface area contributed by atoms with E-state index in [0.717, 1.165) is 17.9 Å². The second kappa shape index (κ2) is 5.46. The molecule has 1 aliphatic heterocycles. The standard InChI is InChI=1S/C15H17N3O2/c1-11(19)17-13-7-10-20-14(13)15-16-8-9-18(15)12-5-3-2-4-6-12/h2-6,8-9,13-14H,7,10H2,1H3,(H,17,19)/t13-,14-/m0/s1. The van der Waals surface area contributed by atoms with E-state index in [9.17, 15) is 4.79 Å². The predicted octanol–water partition coefficient (Wildman–Crippen LogP) is 1.84. The molecule has 2 heterocycles. The minimum atomic E-state index is -0.200. The summed E-state index contributed by atoms with van der Waals surface area (Å²) in [6, 6.07) is 9.98. The van der Waals surface area contributed by atoms with E-state index >= 15 is 0 Å². The normalized spacial score (nSPS) is 21.9. The molecule has 0 saturated carbocycles. The number of carbonyl (C=O) groups is 1. The highest BCUT2D eigenvalue weighted by Crippen LogP contribution is 2.29. The molecule has 1 aromatic heterocycles. The summed E-state index contributed by atoms with van der Waals surface area (Å²) < 4.78 is 7.78. The number of imidazole rings is 1. The lowest BCUT2D eigenvalue weighted by molar-refractivity contribution is -0.120. The molecule has 0 spiro atoms. The van der Waals surface area contributed by atoms with Gasteiger partial charge in [-0.15, -0.1) is 0 Å². The number of benzene rings is 1. The van der Waals surface area contributed by atoms with Crippen molar-refractivity contribution in [3.8, 4) is 5.69 Å². The van der Waals surface area contributed by atoms with Crippen LogP contribution >= 0.6 is 0 Å². The summed E-state index contributed by atoms with van der Waals surface area (Å²) in [5.41, 5.74) is 1.04. The van der Waals surface area contributed by atoms with Crippen LogP contribution in [0.5, 0.6) is 0 Å². The van der Waals surface area contributed by atoms with Crippen molar-refractivity contribution >= 4 is 5.91 Å². The number of amides is 1. The molecule has 20 heavy (non-hydrogen) atoms. The van der Waals surface area contributed by atoms with Crippen LogP contribution < -0.4 is 5.32 Å². The third-order valence-corrected chi connectivity index (χ3v) is 3.44. The fourth-order valence-electron chi connectivity index (χ4n) is 2.59. The Kier molecular flexibility index (Phi) is 3.52. The highest BCUT2D eigenvalue weighted by molar-refractivity contribution is 5.73. The van der Waals surface area contributed by atoms with Crippen LogP contribution in [0.4, 0.5) is 0 Å². The quantitative estimate of drug-likeness (QED) is 0.926. The summed E-state index contributed by atoms with van der Waals surface area (Å²) in [5.74, 6) is 0.788. The third kappa shape index (κ3) is 2.44. The number of carbonyl (C=O) groups excluding carboxylic acids is 1. The Morgan fingerprint density at radius 3 is 2.95 bits per heavy atom. The number of para-hydroxylation sites is 1. The summed E-state index contributed by atoms with van der Waals surface area (Å²) in [4.78, 5) is 15.7. The summed E-state index contributed by atoms with van der Waals surface area (Å²) in [6.07, 6.45) is 4.28. The van der Waals surface area contributed by atoms with Gasteiger partial charge in [0.2, 0.25) is 5.91 Å². The SMILES string of the molecule is CC(=O)N[C@H]1CCO[C@@H]1c1nccn1-c1ccccc1. The molecule has 5 nitrogen and oxygen atoms in total. The van der Waals surface area contributed by atoms with Crippen molar-refractivity contribution < 1.29 is 9.53 Å². The first-order chi connectivity index (χ1) is 9.75. The molecule has 0 aliphatic carbocycles. The first-order valence-electron chi connectivity index (χ1n) is 6.73. The van der Waals surface area contributed by atoms with Crippen molar-refractivity contribution in [2.45, 2.75) is 25.5 Å². The maximum Gasteiger partial charge on any atom is 0.217 e. The van der Waals surface area contributed by atoms with Crippen molar-refractivity contribution in [3.05, 3.63) is 48.5 Å². The number of rotatable bonds is 3. The van der Waals surface area contributed by atoms with Gasteiger partial charge in [0, 0.05) is 31.6 Å². The van der Waals surface area contributed by atoms with E-state index in [1.807, 2.05) is 41.1 Å². The van der Waals surface area contributed by atoms with Gasteiger partial charge in [0.15, 0.2) is 0 Å². The average molecular weight is 271 g/mol. The molecule has 1 amide bonds. The molecular formula is C15H17N3O2. The minimum absolute atomic E-state index is 0.0163. The molecule has 2 aromatic rings. The molecule has 2 atom stereocenters. The Balaban J connectivity index is 1.91. The lowest BCUT2D eigenvalue weighted by Crippen LogP contribution is -2.36. The van der Waals surface area contributed by atoms with Gasteiger partial charge >= 0.3 is 0 Å². The zero-order valence-electron chi connectivity index (χ0n) is 11.3. The maximum absolute atomic E-state index is 11.3. The number of hydrogen-bond acceptors (Lipinski definition) is 3. The van der Waals surface area contributed by atoms with Crippen molar-refractivity contribution in [2.24, 2.45) is 0 Å². The smallest absolute Gasteiger partial charge is 0.217 e. The topological polar surface area (TPSA) is 56.1 Å². The van der Waals surface area contributed by atoms with E-state index in [0.29, 0.717) is 6.61 Å². The molecule has 1 aromatic carbocycles. The lowest BCUT2D eigenvalue weighted by atomic mass is 10.1. The van der Waals surface area contributed by atoms with Crippen molar-refractivity contribution in [2.75, 3.05) is 6.61 Å². The van der Waals surface area contributed by atoms with E-state index in [1.54, 1.807) is 6.20 Å². The average Bonchev–Trinajstić information content (AvgIpc) is 3.07. The van der Waals surface area contributed by atoms with Gasteiger partial charge in [-0.25, -0.2) is 4.98 Å². The van der Waals surface area contributed by atoms with Crippen LogP contribution in [0.2, 0.25) is 0 Å². The number of nitrogens with one attached hydrogen (secondary N) is 1. The Labute approximate surface area is 117 Å². The maximum atomic E-state index is 11.3. The van der Waals surface area contributed by atoms with Gasteiger partial charge in [0.05, 0.1) is 6.04 Å². The largest absolute Gasteiger partial charge is 0.368 e. The second-order valence-corrected chi connectivity index (χ2v) is 4.88. The molecule has 3 rings (SSSR count). The fraction of sp³-hybridized carbons (Fsp3) is 0.333. The van der Waals surface area contributed by atoms with Gasteiger partial charge in [-0.1, -0.05) is 18.2 Å². The third-order valence-electron chi connectivity index (χ3n) is 3.44. The van der Waals surface area contributed by atoms with Crippen LogP contribution in [-0.2, 0) is 9.53 Å². The van der Waals surface area contributed by atoms with Crippen LogP contribution in [0.15, 0.2) is 42.7 Å². The first-order valence-corrected chi connectivity index (χ1v) is 6.73. The van der Waals surface area contributed by atoms with E-state index < -0.39 is 0 Å². The van der Waals surface area contributed by atoms with Crippen molar-refractivity contribution in [1.82, 2.24) is 14.9 Å². The van der Waals surface area contributed by atoms with Crippen LogP contribution in [0.25, 0.3) is 5.69 Å². The summed E-state index contributed by atoms with van der Waals surface area (Å²) in [7, 11) is 0. The Hall–Kier alpha value is -2.14. The van der Waals surface area contributed by atoms with Crippen molar-refractivity contribution in [1.29, 1.82) is 0 Å². The lowest BCUT2D eigenvalue weighted by Gasteiger charge is -2.20. The first kappa shape index (κ1) is 12.9. The molecule has 5 heteroatoms. The van der Waals surface area contributed by atoms with Gasteiger partial charge in [-0.05, 0) is 18.6 Å². The van der Waals surface area contributed by atoms with Gasteiger partial charge < -0.3 is 14.6 Å². The molecule has 0 radical (unpaired) electrons. The molecule has 104 valence electrons. The predicted molar refractivity (Wildman–Crippen MR) is 74.5 cm³/mol. The second-order valence-electron chi connectivity index (χ2n) is 4.88. The van der Waals surface area contributed by atoms with Crippen LogP contribution in [0, 0.1) is 0 Å². The summed E-state index contributed by atoms with van der Waals surface area (Å²) in [5, 5.41) is 2.94. The molecule has 0 bridgehead atoms. The van der Waals surface area contributed by atoms with E-state index in [2.05, 4.69) is 10.3 Å². The number of nitrogens with zero attached hydrogens (tertiary/aromatic N) is 2. The molecule has 1 aliphatic rings. The van der Waals surface area contributed by atoms with Crippen LogP contribution in [0.3, 0.4) is 0 Å². The van der Waals surface area contributed by atoms with E-state index in [1.165, 1.54) is 6.92 Å². The number of aromatic nitrogens is 2.